The fourth-order valence-electron chi connectivity index (χ4n) is 1.29. The predicted molar refractivity (Wildman–Crippen MR) is 47.5 cm³/mol. The van der Waals surface area contributed by atoms with Crippen molar-refractivity contribution in [2.24, 2.45) is 0 Å². The summed E-state index contributed by atoms with van der Waals surface area (Å²) < 4.78 is 1.14. The van der Waals surface area contributed by atoms with Gasteiger partial charge in [-0.25, -0.2) is 24.4 Å². The number of aromatic nitrogens is 3. The first kappa shape index (κ1) is 7.85. The molecule has 68 valence electrons. The molecule has 0 aromatic carbocycles. The minimum absolute atomic E-state index is 0.366. The second-order valence-electron chi connectivity index (χ2n) is 2.90. The van der Waals surface area contributed by atoms with Gasteiger partial charge in [0, 0.05) is 0 Å². The topological polar surface area (TPSA) is 70.7 Å². The summed E-state index contributed by atoms with van der Waals surface area (Å²) in [6.45, 7) is 0.366. The van der Waals surface area contributed by atoms with Crippen LogP contribution in [0.15, 0.2) is 33.4 Å². The second kappa shape index (κ2) is 2.93. The average molecular weight is 179 g/mol. The molecule has 0 unspecified atom stereocenters. The van der Waals surface area contributed by atoms with Gasteiger partial charge in [-0.3, -0.25) is 0 Å². The molecule has 1 aliphatic rings. The molecule has 0 fully saturated rings. The van der Waals surface area contributed by atoms with Gasteiger partial charge in [0.15, 0.2) is 0 Å². The van der Waals surface area contributed by atoms with Crippen molar-refractivity contribution in [1.82, 2.24) is 14.8 Å². The Morgan fingerprint density at radius 2 is 2.00 bits per heavy atom. The number of nitrogens with one attached hydrogen (secondary N) is 2. The standard InChI is InChI=1S/C8H9N3O2/c12-7-9-10-8(13)11(7)5-6-3-1-2-4-6/h1-3H,4-5H2,(H,9,12)(H,10,13). The molecule has 0 bridgehead atoms. The summed E-state index contributed by atoms with van der Waals surface area (Å²) in [6.07, 6.45) is 6.64. The molecular weight excluding hydrogens is 170 g/mol. The van der Waals surface area contributed by atoms with Crippen LogP contribution in [0.1, 0.15) is 6.42 Å². The van der Waals surface area contributed by atoms with Crippen molar-refractivity contribution in [2.75, 3.05) is 0 Å². The van der Waals surface area contributed by atoms with Crippen LogP contribution in [-0.4, -0.2) is 14.8 Å². The van der Waals surface area contributed by atoms with E-state index in [4.69, 9.17) is 0 Å². The van der Waals surface area contributed by atoms with E-state index in [2.05, 4.69) is 10.2 Å². The maximum absolute atomic E-state index is 11.1. The Bertz CT molecular complexity index is 445. The van der Waals surface area contributed by atoms with E-state index in [1.54, 1.807) is 0 Å². The number of hydrogen-bond donors (Lipinski definition) is 2. The Morgan fingerprint density at radius 1 is 1.31 bits per heavy atom. The molecule has 0 saturated carbocycles. The lowest BCUT2D eigenvalue weighted by molar-refractivity contribution is 0.714. The Hall–Kier alpha value is -1.78. The smallest absolute Gasteiger partial charge is 0.247 e. The Balaban J connectivity index is 2.28. The first-order chi connectivity index (χ1) is 6.27. The average Bonchev–Trinajstić information content (AvgIpc) is 2.70. The van der Waals surface area contributed by atoms with E-state index in [0.717, 1.165) is 16.6 Å². The Labute approximate surface area is 73.4 Å². The lowest BCUT2D eigenvalue weighted by Gasteiger charge is -1.98. The molecule has 5 nitrogen and oxygen atoms in total. The maximum Gasteiger partial charge on any atom is 0.344 e. The number of nitrogens with zero attached hydrogens (tertiary/aromatic N) is 1. The van der Waals surface area contributed by atoms with Gasteiger partial charge in [0.1, 0.15) is 0 Å². The summed E-state index contributed by atoms with van der Waals surface area (Å²) in [4.78, 5) is 22.1. The van der Waals surface area contributed by atoms with Gasteiger partial charge < -0.3 is 0 Å². The number of H-pyrrole nitrogens is 2. The molecule has 0 amide bonds. The van der Waals surface area contributed by atoms with Crippen LogP contribution in [-0.2, 0) is 6.54 Å². The SMILES string of the molecule is O=c1[nH][nH]c(=O)n1CC1=CC=CC1. The molecule has 13 heavy (non-hydrogen) atoms. The van der Waals surface area contributed by atoms with Gasteiger partial charge in [-0.1, -0.05) is 18.2 Å². The highest BCUT2D eigenvalue weighted by Crippen LogP contribution is 2.10. The summed E-state index contributed by atoms with van der Waals surface area (Å²) in [6, 6.07) is 0. The molecule has 0 saturated heterocycles. The number of hydrogen-bond acceptors (Lipinski definition) is 2. The molecule has 1 aromatic heterocycles. The third-order valence-electron chi connectivity index (χ3n) is 1.98. The molecule has 0 atom stereocenters. The van der Waals surface area contributed by atoms with Crippen LogP contribution in [0.4, 0.5) is 0 Å². The van der Waals surface area contributed by atoms with Crippen molar-refractivity contribution in [3.05, 3.63) is 44.8 Å². The zero-order valence-corrected chi connectivity index (χ0v) is 6.91. The first-order valence-electron chi connectivity index (χ1n) is 3.99. The van der Waals surface area contributed by atoms with Gasteiger partial charge in [-0.15, -0.1) is 0 Å². The highest BCUT2D eigenvalue weighted by atomic mass is 16.2. The third-order valence-corrected chi connectivity index (χ3v) is 1.98. The van der Waals surface area contributed by atoms with Crippen LogP contribution in [0.5, 0.6) is 0 Å². The van der Waals surface area contributed by atoms with Gasteiger partial charge >= 0.3 is 11.4 Å². The summed E-state index contributed by atoms with van der Waals surface area (Å²) in [7, 11) is 0. The third kappa shape index (κ3) is 1.40. The Morgan fingerprint density at radius 3 is 2.54 bits per heavy atom. The van der Waals surface area contributed by atoms with Crippen molar-refractivity contribution in [2.45, 2.75) is 13.0 Å². The monoisotopic (exact) mass is 179 g/mol. The lowest BCUT2D eigenvalue weighted by Crippen LogP contribution is -2.27. The van der Waals surface area contributed by atoms with Crippen molar-refractivity contribution in [1.29, 1.82) is 0 Å². The molecule has 1 heterocycles. The van der Waals surface area contributed by atoms with Gasteiger partial charge in [0.2, 0.25) is 0 Å². The van der Waals surface area contributed by atoms with E-state index >= 15 is 0 Å². The van der Waals surface area contributed by atoms with E-state index < -0.39 is 11.4 Å². The fraction of sp³-hybridized carbons (Fsp3) is 0.250. The molecular formula is C8H9N3O2. The van der Waals surface area contributed by atoms with E-state index in [0.29, 0.717) is 6.54 Å². The molecule has 0 spiro atoms. The molecule has 5 heteroatoms. The van der Waals surface area contributed by atoms with Gasteiger partial charge in [0.05, 0.1) is 6.54 Å². The number of aromatic amines is 2. The summed E-state index contributed by atoms with van der Waals surface area (Å²) >= 11 is 0. The zero-order chi connectivity index (χ0) is 9.26. The summed E-state index contributed by atoms with van der Waals surface area (Å²) in [5.74, 6) is 0. The van der Waals surface area contributed by atoms with Gasteiger partial charge in [-0.05, 0) is 12.0 Å². The van der Waals surface area contributed by atoms with Crippen LogP contribution in [0.25, 0.3) is 0 Å². The van der Waals surface area contributed by atoms with Crippen molar-refractivity contribution in [3.63, 3.8) is 0 Å². The minimum Gasteiger partial charge on any atom is -0.247 e. The molecule has 0 aliphatic heterocycles. The van der Waals surface area contributed by atoms with Crippen molar-refractivity contribution >= 4 is 0 Å². The normalized spacial score (nSPS) is 14.9. The predicted octanol–water partition coefficient (Wildman–Crippen LogP) is -0.249. The van der Waals surface area contributed by atoms with E-state index in [9.17, 15) is 9.59 Å². The molecule has 2 rings (SSSR count). The number of allylic oxidation sites excluding steroid dienone is 4. The highest BCUT2D eigenvalue weighted by Gasteiger charge is 2.06. The largest absolute Gasteiger partial charge is 0.344 e. The van der Waals surface area contributed by atoms with Crippen LogP contribution in [0, 0.1) is 0 Å². The summed E-state index contributed by atoms with van der Waals surface area (Å²) in [5, 5.41) is 4.47. The van der Waals surface area contributed by atoms with Gasteiger partial charge in [0.25, 0.3) is 0 Å². The quantitative estimate of drug-likeness (QED) is 0.657. The van der Waals surface area contributed by atoms with E-state index in [-0.39, 0.29) is 0 Å². The molecule has 1 aliphatic carbocycles. The van der Waals surface area contributed by atoms with E-state index in [1.165, 1.54) is 0 Å². The van der Waals surface area contributed by atoms with Crippen LogP contribution >= 0.6 is 0 Å². The van der Waals surface area contributed by atoms with Crippen molar-refractivity contribution < 1.29 is 0 Å². The highest BCUT2D eigenvalue weighted by molar-refractivity contribution is 5.22. The minimum atomic E-state index is -0.391. The maximum atomic E-state index is 11.1. The lowest BCUT2D eigenvalue weighted by atomic mass is 10.2. The van der Waals surface area contributed by atoms with E-state index in [1.807, 2.05) is 18.2 Å². The fourth-order valence-corrected chi connectivity index (χ4v) is 1.29. The summed E-state index contributed by atoms with van der Waals surface area (Å²) in [5.41, 5.74) is 0.280. The first-order valence-corrected chi connectivity index (χ1v) is 3.99. The molecule has 1 aromatic rings. The van der Waals surface area contributed by atoms with Crippen LogP contribution < -0.4 is 11.4 Å². The zero-order valence-electron chi connectivity index (χ0n) is 6.91. The second-order valence-corrected chi connectivity index (χ2v) is 2.90. The molecule has 0 radical (unpaired) electrons. The van der Waals surface area contributed by atoms with Crippen molar-refractivity contribution in [3.8, 4) is 0 Å². The Kier molecular flexibility index (Phi) is 1.77. The van der Waals surface area contributed by atoms with Crippen LogP contribution in [0.2, 0.25) is 0 Å². The van der Waals surface area contributed by atoms with Gasteiger partial charge in [-0.2, -0.15) is 0 Å². The molecule has 2 N–H and O–H groups in total. The van der Waals surface area contributed by atoms with Crippen LogP contribution in [0.3, 0.4) is 0 Å². The number of rotatable bonds is 2.